The molecule has 1 aliphatic carbocycles. The van der Waals surface area contributed by atoms with Crippen molar-refractivity contribution < 1.29 is 19.7 Å². The summed E-state index contributed by atoms with van der Waals surface area (Å²) in [4.78, 5) is 11.5. The number of hydrogen-bond acceptors (Lipinski definition) is 4. The van der Waals surface area contributed by atoms with Crippen LogP contribution in [0.25, 0.3) is 0 Å². The second-order valence-electron chi connectivity index (χ2n) is 7.02. The molecular weight excluding hydrogens is 268 g/mol. The third-order valence-corrected chi connectivity index (χ3v) is 4.53. The Balaban J connectivity index is 2.77. The Bertz CT molecular complexity index is 440. The van der Waals surface area contributed by atoms with E-state index in [1.807, 2.05) is 26.0 Å². The molecule has 2 N–H and O–H groups in total. The SMILES string of the molecule is COC(=O)C1=CCC(C)(C(C)(O)CC=CC(C)(C)O)CC1. The normalized spacial score (nSPS) is 26.3. The quantitative estimate of drug-likeness (QED) is 0.605. The number of hydrogen-bond donors (Lipinski definition) is 2. The van der Waals surface area contributed by atoms with E-state index < -0.39 is 11.2 Å². The number of ether oxygens (including phenoxy) is 1. The monoisotopic (exact) mass is 296 g/mol. The summed E-state index contributed by atoms with van der Waals surface area (Å²) in [7, 11) is 1.38. The molecule has 0 aliphatic heterocycles. The van der Waals surface area contributed by atoms with Crippen LogP contribution in [0, 0.1) is 5.41 Å². The first-order valence-electron chi connectivity index (χ1n) is 7.41. The van der Waals surface area contributed by atoms with Gasteiger partial charge in [0.1, 0.15) is 0 Å². The van der Waals surface area contributed by atoms with Gasteiger partial charge in [-0.15, -0.1) is 0 Å². The molecular formula is C17H28O4. The van der Waals surface area contributed by atoms with Crippen LogP contribution in [0.15, 0.2) is 23.8 Å². The Hall–Kier alpha value is -1.13. The molecule has 1 rings (SSSR count). The van der Waals surface area contributed by atoms with Crippen LogP contribution in [0.3, 0.4) is 0 Å². The summed E-state index contributed by atoms with van der Waals surface area (Å²) in [6.07, 6.45) is 7.86. The molecule has 0 radical (unpaired) electrons. The maximum absolute atomic E-state index is 11.5. The number of esters is 1. The number of carbonyl (C=O) groups excluding carboxylic acids is 1. The summed E-state index contributed by atoms with van der Waals surface area (Å²) in [5.74, 6) is -0.279. The Kier molecular flexibility index (Phi) is 5.40. The second-order valence-corrected chi connectivity index (χ2v) is 7.02. The summed E-state index contributed by atoms with van der Waals surface area (Å²) >= 11 is 0. The highest BCUT2D eigenvalue weighted by Crippen LogP contribution is 2.45. The van der Waals surface area contributed by atoms with Crippen molar-refractivity contribution in [2.24, 2.45) is 5.41 Å². The predicted octanol–water partition coefficient (Wildman–Crippen LogP) is 2.74. The van der Waals surface area contributed by atoms with E-state index in [1.54, 1.807) is 19.9 Å². The zero-order chi connectivity index (χ0) is 16.3. The van der Waals surface area contributed by atoms with E-state index in [9.17, 15) is 15.0 Å². The Morgan fingerprint density at radius 1 is 1.43 bits per heavy atom. The summed E-state index contributed by atoms with van der Waals surface area (Å²) in [5, 5.41) is 20.5. The third-order valence-electron chi connectivity index (χ3n) is 4.53. The van der Waals surface area contributed by atoms with Gasteiger partial charge < -0.3 is 14.9 Å². The van der Waals surface area contributed by atoms with E-state index in [4.69, 9.17) is 4.74 Å². The molecule has 0 aromatic heterocycles. The van der Waals surface area contributed by atoms with Crippen molar-refractivity contribution in [2.75, 3.05) is 7.11 Å². The fourth-order valence-electron chi connectivity index (χ4n) is 2.59. The molecule has 0 fully saturated rings. The first kappa shape index (κ1) is 17.9. The fraction of sp³-hybridized carbons (Fsp3) is 0.706. The number of methoxy groups -OCH3 is 1. The Morgan fingerprint density at radius 2 is 2.05 bits per heavy atom. The summed E-state index contributed by atoms with van der Waals surface area (Å²) in [6, 6.07) is 0. The van der Waals surface area contributed by atoms with Crippen molar-refractivity contribution in [3.8, 4) is 0 Å². The molecule has 0 amide bonds. The number of allylic oxidation sites excluding steroid dienone is 1. The molecule has 2 unspecified atom stereocenters. The minimum absolute atomic E-state index is 0.279. The third kappa shape index (κ3) is 4.68. The van der Waals surface area contributed by atoms with Crippen LogP contribution in [0.5, 0.6) is 0 Å². The van der Waals surface area contributed by atoms with E-state index >= 15 is 0 Å². The van der Waals surface area contributed by atoms with Crippen molar-refractivity contribution in [1.29, 1.82) is 0 Å². The zero-order valence-corrected chi connectivity index (χ0v) is 13.8. The van der Waals surface area contributed by atoms with Crippen LogP contribution in [0.4, 0.5) is 0 Å². The van der Waals surface area contributed by atoms with Gasteiger partial charge in [-0.05, 0) is 46.5 Å². The van der Waals surface area contributed by atoms with Gasteiger partial charge in [-0.25, -0.2) is 4.79 Å². The van der Waals surface area contributed by atoms with Gasteiger partial charge in [-0.1, -0.05) is 25.2 Å². The number of aliphatic hydroxyl groups is 2. The molecule has 0 bridgehead atoms. The Morgan fingerprint density at radius 3 is 2.48 bits per heavy atom. The minimum atomic E-state index is -0.896. The van der Waals surface area contributed by atoms with Crippen molar-refractivity contribution in [3.05, 3.63) is 23.8 Å². The van der Waals surface area contributed by atoms with Gasteiger partial charge in [0.05, 0.1) is 18.3 Å². The highest BCUT2D eigenvalue weighted by Gasteiger charge is 2.43. The van der Waals surface area contributed by atoms with Crippen molar-refractivity contribution in [1.82, 2.24) is 0 Å². The molecule has 4 heteroatoms. The highest BCUT2D eigenvalue weighted by molar-refractivity contribution is 5.88. The van der Waals surface area contributed by atoms with Gasteiger partial charge in [0.25, 0.3) is 0 Å². The lowest BCUT2D eigenvalue weighted by Gasteiger charge is -2.44. The number of carbonyl (C=O) groups is 1. The lowest BCUT2D eigenvalue weighted by molar-refractivity contribution is -0.137. The molecule has 21 heavy (non-hydrogen) atoms. The second kappa shape index (κ2) is 6.32. The van der Waals surface area contributed by atoms with Crippen molar-refractivity contribution in [2.45, 2.75) is 64.6 Å². The van der Waals surface area contributed by atoms with Crippen molar-refractivity contribution >= 4 is 5.97 Å². The molecule has 0 aromatic carbocycles. The smallest absolute Gasteiger partial charge is 0.333 e. The van der Waals surface area contributed by atoms with Crippen LogP contribution < -0.4 is 0 Å². The van der Waals surface area contributed by atoms with E-state index in [-0.39, 0.29) is 11.4 Å². The van der Waals surface area contributed by atoms with Gasteiger partial charge in [0.2, 0.25) is 0 Å². The highest BCUT2D eigenvalue weighted by atomic mass is 16.5. The predicted molar refractivity (Wildman–Crippen MR) is 82.7 cm³/mol. The average Bonchev–Trinajstić information content (AvgIpc) is 2.36. The lowest BCUT2D eigenvalue weighted by Crippen LogP contribution is -2.44. The molecule has 120 valence electrons. The van der Waals surface area contributed by atoms with Crippen LogP contribution in [0.1, 0.15) is 53.4 Å². The molecule has 0 aromatic rings. The van der Waals surface area contributed by atoms with Crippen LogP contribution >= 0.6 is 0 Å². The van der Waals surface area contributed by atoms with Crippen LogP contribution in [-0.4, -0.2) is 34.5 Å². The maximum atomic E-state index is 11.5. The zero-order valence-electron chi connectivity index (χ0n) is 13.8. The largest absolute Gasteiger partial charge is 0.466 e. The topological polar surface area (TPSA) is 66.8 Å². The summed E-state index contributed by atoms with van der Waals surface area (Å²) in [6.45, 7) is 7.26. The molecule has 0 saturated heterocycles. The first-order valence-corrected chi connectivity index (χ1v) is 7.41. The van der Waals surface area contributed by atoms with Gasteiger partial charge in [0.15, 0.2) is 0 Å². The molecule has 1 aliphatic rings. The van der Waals surface area contributed by atoms with Crippen molar-refractivity contribution in [3.63, 3.8) is 0 Å². The standard InChI is InChI=1S/C17H28O4/c1-15(2,19)9-6-10-17(4,20)16(3)11-7-13(8-12-16)14(18)21-5/h6-7,9,19-20H,8,10-12H2,1-5H3. The van der Waals surface area contributed by atoms with Crippen LogP contribution in [0.2, 0.25) is 0 Å². The van der Waals surface area contributed by atoms with E-state index in [0.717, 1.165) is 6.42 Å². The maximum Gasteiger partial charge on any atom is 0.333 e. The molecule has 0 saturated carbocycles. The van der Waals surface area contributed by atoms with E-state index in [1.165, 1.54) is 7.11 Å². The molecule has 2 atom stereocenters. The average molecular weight is 296 g/mol. The Labute approximate surface area is 127 Å². The molecule has 0 spiro atoms. The summed E-state index contributed by atoms with van der Waals surface area (Å²) < 4.78 is 4.74. The van der Waals surface area contributed by atoms with Gasteiger partial charge in [-0.3, -0.25) is 0 Å². The van der Waals surface area contributed by atoms with E-state index in [0.29, 0.717) is 24.8 Å². The fourth-order valence-corrected chi connectivity index (χ4v) is 2.59. The van der Waals surface area contributed by atoms with Gasteiger partial charge in [-0.2, -0.15) is 0 Å². The lowest BCUT2D eigenvalue weighted by atomic mass is 9.64. The molecule has 0 heterocycles. The van der Waals surface area contributed by atoms with Gasteiger partial charge >= 0.3 is 5.97 Å². The van der Waals surface area contributed by atoms with Gasteiger partial charge in [0, 0.05) is 11.0 Å². The number of rotatable bonds is 5. The summed E-state index contributed by atoms with van der Waals surface area (Å²) in [5.41, 5.74) is -1.37. The van der Waals surface area contributed by atoms with E-state index in [2.05, 4.69) is 0 Å². The minimum Gasteiger partial charge on any atom is -0.466 e. The van der Waals surface area contributed by atoms with Crippen LogP contribution in [-0.2, 0) is 9.53 Å². The molecule has 4 nitrogen and oxygen atoms in total. The first-order chi connectivity index (χ1) is 9.51.